The Labute approximate surface area is 208 Å². The number of carbonyl (C=O) groups is 2. The number of amides is 2. The van der Waals surface area contributed by atoms with Crippen molar-refractivity contribution in [1.82, 2.24) is 9.80 Å². The Hall–Kier alpha value is -2.34. The molecule has 2 amide bonds. The minimum absolute atomic E-state index is 0.0263. The van der Waals surface area contributed by atoms with E-state index in [0.29, 0.717) is 38.0 Å². The van der Waals surface area contributed by atoms with Gasteiger partial charge < -0.3 is 14.5 Å². The van der Waals surface area contributed by atoms with Crippen molar-refractivity contribution in [2.24, 2.45) is 11.8 Å². The van der Waals surface area contributed by atoms with Gasteiger partial charge in [-0.15, -0.1) is 11.3 Å². The number of benzene rings is 1. The van der Waals surface area contributed by atoms with Gasteiger partial charge in [-0.25, -0.2) is 0 Å². The standard InChI is InChI=1S/C28H38N2O3S/c1-19(2)15-27(31)29(16-21-5-6-21)17-28(32)30-13-11-26-24(12-14-34-26)25(30)18-33-23-9-7-22(8-10-23)20(3)4/h7-10,12,14,19-21,25H,5-6,11,13,15-18H2,1-4H3. The number of hydrogen-bond acceptors (Lipinski definition) is 4. The summed E-state index contributed by atoms with van der Waals surface area (Å²) in [5.74, 6) is 2.27. The maximum absolute atomic E-state index is 13.6. The van der Waals surface area contributed by atoms with E-state index in [1.807, 2.05) is 21.9 Å². The molecule has 2 aliphatic rings. The van der Waals surface area contributed by atoms with Crippen LogP contribution in [-0.2, 0) is 16.0 Å². The maximum atomic E-state index is 13.6. The summed E-state index contributed by atoms with van der Waals surface area (Å²) < 4.78 is 6.20. The van der Waals surface area contributed by atoms with E-state index in [1.54, 1.807) is 11.3 Å². The van der Waals surface area contributed by atoms with Crippen LogP contribution in [0.25, 0.3) is 0 Å². The van der Waals surface area contributed by atoms with Crippen molar-refractivity contribution in [3.8, 4) is 5.75 Å². The summed E-state index contributed by atoms with van der Waals surface area (Å²) in [6, 6.07) is 10.2. The molecule has 1 aliphatic carbocycles. The third-order valence-corrected chi connectivity index (χ3v) is 7.80. The summed E-state index contributed by atoms with van der Waals surface area (Å²) >= 11 is 1.75. The topological polar surface area (TPSA) is 49.9 Å². The molecule has 1 aromatic heterocycles. The molecule has 0 radical (unpaired) electrons. The highest BCUT2D eigenvalue weighted by Crippen LogP contribution is 2.35. The third kappa shape index (κ3) is 6.21. The van der Waals surface area contributed by atoms with Gasteiger partial charge >= 0.3 is 0 Å². The zero-order valence-electron chi connectivity index (χ0n) is 21.0. The highest BCUT2D eigenvalue weighted by Gasteiger charge is 2.35. The summed E-state index contributed by atoms with van der Waals surface area (Å²) in [5, 5.41) is 2.11. The molecule has 4 rings (SSSR count). The molecule has 6 heteroatoms. The van der Waals surface area contributed by atoms with Gasteiger partial charge in [0.2, 0.25) is 11.8 Å². The van der Waals surface area contributed by atoms with Crippen LogP contribution < -0.4 is 4.74 Å². The van der Waals surface area contributed by atoms with E-state index in [1.165, 1.54) is 16.0 Å². The molecule has 1 aliphatic heterocycles. The first-order valence-corrected chi connectivity index (χ1v) is 13.6. The van der Waals surface area contributed by atoms with Crippen LogP contribution in [-0.4, -0.2) is 47.9 Å². The first-order chi connectivity index (χ1) is 16.3. The van der Waals surface area contributed by atoms with E-state index < -0.39 is 0 Å². The van der Waals surface area contributed by atoms with Gasteiger partial charge in [0.25, 0.3) is 0 Å². The average molecular weight is 483 g/mol. The molecule has 5 nitrogen and oxygen atoms in total. The quantitative estimate of drug-likeness (QED) is 0.439. The first-order valence-electron chi connectivity index (χ1n) is 12.7. The second-order valence-electron chi connectivity index (χ2n) is 10.5. The van der Waals surface area contributed by atoms with E-state index in [0.717, 1.165) is 25.0 Å². The molecule has 1 atom stereocenters. The summed E-state index contributed by atoms with van der Waals surface area (Å²) in [6.07, 6.45) is 3.68. The Kier molecular flexibility index (Phi) is 7.97. The van der Waals surface area contributed by atoms with Crippen LogP contribution in [0.2, 0.25) is 0 Å². The molecule has 1 unspecified atom stereocenters. The number of rotatable bonds is 10. The fourth-order valence-corrected chi connectivity index (χ4v) is 5.53. The minimum Gasteiger partial charge on any atom is -0.491 e. The molecule has 0 N–H and O–H groups in total. The van der Waals surface area contributed by atoms with E-state index in [2.05, 4.69) is 51.3 Å². The summed E-state index contributed by atoms with van der Waals surface area (Å²) in [4.78, 5) is 31.5. The number of hydrogen-bond donors (Lipinski definition) is 0. The lowest BCUT2D eigenvalue weighted by atomic mass is 10.00. The molecular formula is C28H38N2O3S. The van der Waals surface area contributed by atoms with Crippen molar-refractivity contribution in [3.05, 3.63) is 51.7 Å². The number of fused-ring (bicyclic) bond motifs is 1. The van der Waals surface area contributed by atoms with Gasteiger partial charge in [-0.3, -0.25) is 9.59 Å². The largest absolute Gasteiger partial charge is 0.491 e. The molecule has 1 fully saturated rings. The molecule has 1 saturated carbocycles. The van der Waals surface area contributed by atoms with Crippen LogP contribution >= 0.6 is 11.3 Å². The highest BCUT2D eigenvalue weighted by molar-refractivity contribution is 7.10. The Bertz CT molecular complexity index is 978. The Morgan fingerprint density at radius 3 is 2.50 bits per heavy atom. The first kappa shape index (κ1) is 24.8. The minimum atomic E-state index is -0.129. The van der Waals surface area contributed by atoms with Gasteiger partial charge in [0.1, 0.15) is 12.4 Å². The van der Waals surface area contributed by atoms with Crippen LogP contribution in [0.1, 0.15) is 74.9 Å². The summed E-state index contributed by atoms with van der Waals surface area (Å²) in [6.45, 7) is 10.4. The molecule has 2 heterocycles. The number of ether oxygens (including phenoxy) is 1. The Morgan fingerprint density at radius 1 is 1.12 bits per heavy atom. The fraction of sp³-hybridized carbons (Fsp3) is 0.571. The molecule has 34 heavy (non-hydrogen) atoms. The maximum Gasteiger partial charge on any atom is 0.242 e. The lowest BCUT2D eigenvalue weighted by molar-refractivity contribution is -0.143. The van der Waals surface area contributed by atoms with Gasteiger partial charge in [0, 0.05) is 24.4 Å². The summed E-state index contributed by atoms with van der Waals surface area (Å²) in [7, 11) is 0. The average Bonchev–Trinajstić information content (AvgIpc) is 3.49. The van der Waals surface area contributed by atoms with Gasteiger partial charge in [0.05, 0.1) is 12.6 Å². The molecule has 1 aromatic carbocycles. The number of nitrogens with zero attached hydrogens (tertiary/aromatic N) is 2. The number of thiophene rings is 1. The van der Waals surface area contributed by atoms with Crippen molar-refractivity contribution in [3.63, 3.8) is 0 Å². The van der Waals surface area contributed by atoms with Crippen molar-refractivity contribution in [2.75, 3.05) is 26.2 Å². The van der Waals surface area contributed by atoms with Crippen molar-refractivity contribution >= 4 is 23.2 Å². The van der Waals surface area contributed by atoms with Crippen LogP contribution in [0.5, 0.6) is 5.75 Å². The van der Waals surface area contributed by atoms with Gasteiger partial charge in [-0.1, -0.05) is 39.8 Å². The summed E-state index contributed by atoms with van der Waals surface area (Å²) in [5.41, 5.74) is 2.47. The van der Waals surface area contributed by atoms with E-state index in [-0.39, 0.29) is 30.3 Å². The predicted molar refractivity (Wildman–Crippen MR) is 137 cm³/mol. The SMILES string of the molecule is CC(C)CC(=O)N(CC(=O)N1CCc2sccc2C1COc1ccc(C(C)C)cc1)CC1CC1. The number of carbonyl (C=O) groups excluding carboxylic acids is 2. The monoisotopic (exact) mass is 482 g/mol. The van der Waals surface area contributed by atoms with Gasteiger partial charge in [0.15, 0.2) is 0 Å². The van der Waals surface area contributed by atoms with Crippen LogP contribution in [0.3, 0.4) is 0 Å². The van der Waals surface area contributed by atoms with Crippen LogP contribution in [0.15, 0.2) is 35.7 Å². The van der Waals surface area contributed by atoms with Crippen molar-refractivity contribution in [1.29, 1.82) is 0 Å². The smallest absolute Gasteiger partial charge is 0.242 e. The Balaban J connectivity index is 1.47. The molecule has 0 bridgehead atoms. The second-order valence-corrected chi connectivity index (χ2v) is 11.5. The zero-order chi connectivity index (χ0) is 24.2. The van der Waals surface area contributed by atoms with Gasteiger partial charge in [-0.05, 0) is 71.7 Å². The fourth-order valence-electron chi connectivity index (χ4n) is 4.60. The van der Waals surface area contributed by atoms with E-state index in [4.69, 9.17) is 4.74 Å². The lowest BCUT2D eigenvalue weighted by Crippen LogP contribution is -2.48. The highest BCUT2D eigenvalue weighted by atomic mass is 32.1. The predicted octanol–water partition coefficient (Wildman–Crippen LogP) is 5.66. The lowest BCUT2D eigenvalue weighted by Gasteiger charge is -2.37. The van der Waals surface area contributed by atoms with Crippen LogP contribution in [0, 0.1) is 11.8 Å². The van der Waals surface area contributed by atoms with E-state index >= 15 is 0 Å². The molecule has 184 valence electrons. The van der Waals surface area contributed by atoms with Crippen molar-refractivity contribution in [2.45, 2.75) is 65.3 Å². The molecule has 0 spiro atoms. The molecular weight excluding hydrogens is 444 g/mol. The normalized spacial score (nSPS) is 17.7. The zero-order valence-corrected chi connectivity index (χ0v) is 21.8. The van der Waals surface area contributed by atoms with Gasteiger partial charge in [-0.2, -0.15) is 0 Å². The third-order valence-electron chi connectivity index (χ3n) is 6.81. The second kappa shape index (κ2) is 10.9. The van der Waals surface area contributed by atoms with E-state index in [9.17, 15) is 9.59 Å². The van der Waals surface area contributed by atoms with Crippen LogP contribution in [0.4, 0.5) is 0 Å². The van der Waals surface area contributed by atoms with Crippen molar-refractivity contribution < 1.29 is 14.3 Å². The Morgan fingerprint density at radius 2 is 1.85 bits per heavy atom. The molecule has 2 aromatic rings. The molecule has 0 saturated heterocycles.